The van der Waals surface area contributed by atoms with Crippen LogP contribution in [-0.2, 0) is 11.5 Å². The Labute approximate surface area is 188 Å². The highest BCUT2D eigenvalue weighted by Crippen LogP contribution is 2.26. The quantitative estimate of drug-likeness (QED) is 0.386. The van der Waals surface area contributed by atoms with Crippen LogP contribution in [0.25, 0.3) is 11.4 Å². The maximum absolute atomic E-state index is 5.86. The fourth-order valence-electron chi connectivity index (χ4n) is 2.85. The summed E-state index contributed by atoms with van der Waals surface area (Å²) in [6.45, 7) is 0. The molecule has 164 valence electrons. The normalized spacial score (nSPS) is 10.7. The predicted octanol–water partition coefficient (Wildman–Crippen LogP) is 3.70. The van der Waals surface area contributed by atoms with Crippen molar-refractivity contribution >= 4 is 29.3 Å². The number of aromatic nitrogens is 5. The SMILES string of the molecule is COc1cccc(-c2noc(CSCc3nc(N)nc(Nc4ccccc4OC)n3)n2)c1. The minimum atomic E-state index is 0.131. The average Bonchev–Trinajstić information content (AvgIpc) is 3.28. The van der Waals surface area contributed by atoms with E-state index < -0.39 is 0 Å². The lowest BCUT2D eigenvalue weighted by atomic mass is 10.2. The summed E-state index contributed by atoms with van der Waals surface area (Å²) in [7, 11) is 3.21. The Morgan fingerprint density at radius 2 is 1.84 bits per heavy atom. The lowest BCUT2D eigenvalue weighted by molar-refractivity contribution is 0.391. The number of nitrogens with one attached hydrogen (secondary N) is 1. The van der Waals surface area contributed by atoms with Crippen LogP contribution in [0, 0.1) is 0 Å². The van der Waals surface area contributed by atoms with Gasteiger partial charge in [-0.25, -0.2) is 0 Å². The van der Waals surface area contributed by atoms with E-state index in [-0.39, 0.29) is 5.95 Å². The zero-order chi connectivity index (χ0) is 22.3. The summed E-state index contributed by atoms with van der Waals surface area (Å²) < 4.78 is 15.9. The molecule has 0 amide bonds. The molecule has 0 spiro atoms. The Hall–Kier alpha value is -3.86. The second-order valence-electron chi connectivity index (χ2n) is 6.50. The number of nitrogens with two attached hydrogens (primary N) is 1. The van der Waals surface area contributed by atoms with E-state index in [4.69, 9.17) is 19.7 Å². The smallest absolute Gasteiger partial charge is 0.236 e. The topological polar surface area (TPSA) is 134 Å². The number of benzene rings is 2. The number of hydrogen-bond donors (Lipinski definition) is 2. The Balaban J connectivity index is 1.39. The second kappa shape index (κ2) is 9.96. The van der Waals surface area contributed by atoms with Crippen LogP contribution in [0.1, 0.15) is 11.7 Å². The highest BCUT2D eigenvalue weighted by molar-refractivity contribution is 7.97. The lowest BCUT2D eigenvalue weighted by Gasteiger charge is -2.10. The van der Waals surface area contributed by atoms with E-state index in [1.807, 2.05) is 48.5 Å². The number of thioether (sulfide) groups is 1. The third-order valence-corrected chi connectivity index (χ3v) is 5.22. The fourth-order valence-corrected chi connectivity index (χ4v) is 3.55. The monoisotopic (exact) mass is 451 g/mol. The number of anilines is 3. The van der Waals surface area contributed by atoms with Gasteiger partial charge in [-0.3, -0.25) is 0 Å². The number of methoxy groups -OCH3 is 2. The van der Waals surface area contributed by atoms with Crippen LogP contribution < -0.4 is 20.5 Å². The third kappa shape index (κ3) is 5.24. The zero-order valence-electron chi connectivity index (χ0n) is 17.5. The van der Waals surface area contributed by atoms with Crippen molar-refractivity contribution in [2.45, 2.75) is 11.5 Å². The van der Waals surface area contributed by atoms with Crippen molar-refractivity contribution in [1.82, 2.24) is 25.1 Å². The van der Waals surface area contributed by atoms with Gasteiger partial charge >= 0.3 is 0 Å². The van der Waals surface area contributed by atoms with Gasteiger partial charge < -0.3 is 25.0 Å². The first-order valence-corrected chi connectivity index (χ1v) is 10.8. The van der Waals surface area contributed by atoms with Crippen LogP contribution in [0.2, 0.25) is 0 Å². The van der Waals surface area contributed by atoms with Gasteiger partial charge in [0.25, 0.3) is 0 Å². The highest BCUT2D eigenvalue weighted by atomic mass is 32.2. The van der Waals surface area contributed by atoms with Crippen molar-refractivity contribution < 1.29 is 14.0 Å². The molecule has 10 nitrogen and oxygen atoms in total. The first kappa shape index (κ1) is 21.4. The summed E-state index contributed by atoms with van der Waals surface area (Å²) in [6.07, 6.45) is 0. The standard InChI is InChI=1S/C21H21N7O3S/c1-29-14-7-5-6-13(10-14)19-26-18(31-28-19)12-32-11-17-24-20(22)27-21(25-17)23-15-8-3-4-9-16(15)30-2/h3-10H,11-12H2,1-2H3,(H3,22,23,24,25,27). The molecule has 2 aromatic carbocycles. The largest absolute Gasteiger partial charge is 0.497 e. The molecule has 0 fully saturated rings. The van der Waals surface area contributed by atoms with Gasteiger partial charge in [0.1, 0.15) is 17.3 Å². The Morgan fingerprint density at radius 3 is 2.69 bits per heavy atom. The van der Waals surface area contributed by atoms with Gasteiger partial charge in [0.2, 0.25) is 23.6 Å². The summed E-state index contributed by atoms with van der Waals surface area (Å²) in [4.78, 5) is 17.2. The van der Waals surface area contributed by atoms with Crippen LogP contribution in [0.5, 0.6) is 11.5 Å². The number of hydrogen-bond acceptors (Lipinski definition) is 11. The fraction of sp³-hybridized carbons (Fsp3) is 0.190. The first-order valence-electron chi connectivity index (χ1n) is 9.60. The molecule has 11 heteroatoms. The van der Waals surface area contributed by atoms with E-state index in [2.05, 4.69) is 30.4 Å². The van der Waals surface area contributed by atoms with Gasteiger partial charge in [-0.05, 0) is 24.3 Å². The van der Waals surface area contributed by atoms with Crippen molar-refractivity contribution in [2.75, 3.05) is 25.3 Å². The molecule has 0 atom stereocenters. The van der Waals surface area contributed by atoms with Crippen molar-refractivity contribution in [3.8, 4) is 22.9 Å². The molecule has 0 aliphatic rings. The maximum Gasteiger partial charge on any atom is 0.236 e. The molecular formula is C21H21N7O3S. The Kier molecular flexibility index (Phi) is 6.66. The predicted molar refractivity (Wildman–Crippen MR) is 122 cm³/mol. The van der Waals surface area contributed by atoms with Crippen LogP contribution >= 0.6 is 11.8 Å². The first-order chi connectivity index (χ1) is 15.6. The molecule has 4 rings (SSSR count). The summed E-state index contributed by atoms with van der Waals surface area (Å²) in [5.41, 5.74) is 7.42. The summed E-state index contributed by atoms with van der Waals surface area (Å²) in [6, 6.07) is 15.0. The molecule has 0 aliphatic carbocycles. The maximum atomic E-state index is 5.86. The van der Waals surface area contributed by atoms with Gasteiger partial charge in [-0.15, -0.1) is 11.8 Å². The van der Waals surface area contributed by atoms with Gasteiger partial charge in [0.15, 0.2) is 0 Å². The van der Waals surface area contributed by atoms with Crippen molar-refractivity contribution in [1.29, 1.82) is 0 Å². The van der Waals surface area contributed by atoms with Crippen LogP contribution in [0.15, 0.2) is 53.1 Å². The number of rotatable bonds is 9. The number of ether oxygens (including phenoxy) is 2. The van der Waals surface area contributed by atoms with E-state index >= 15 is 0 Å². The molecule has 0 saturated carbocycles. The molecule has 0 unspecified atom stereocenters. The highest BCUT2D eigenvalue weighted by Gasteiger charge is 2.12. The minimum Gasteiger partial charge on any atom is -0.497 e. The van der Waals surface area contributed by atoms with Gasteiger partial charge in [0.05, 0.1) is 31.4 Å². The molecule has 0 saturated heterocycles. The number of nitrogens with zero attached hydrogens (tertiary/aromatic N) is 5. The van der Waals surface area contributed by atoms with Crippen molar-refractivity contribution in [3.05, 3.63) is 60.2 Å². The van der Waals surface area contributed by atoms with Crippen LogP contribution in [0.3, 0.4) is 0 Å². The third-order valence-electron chi connectivity index (χ3n) is 4.31. The van der Waals surface area contributed by atoms with E-state index in [1.165, 1.54) is 11.8 Å². The second-order valence-corrected chi connectivity index (χ2v) is 7.48. The number of para-hydroxylation sites is 2. The molecule has 2 aromatic heterocycles. The van der Waals surface area contributed by atoms with E-state index in [0.29, 0.717) is 40.7 Å². The molecule has 4 aromatic rings. The van der Waals surface area contributed by atoms with Crippen LogP contribution in [0.4, 0.5) is 17.6 Å². The number of nitrogen functional groups attached to an aromatic ring is 1. The lowest BCUT2D eigenvalue weighted by Crippen LogP contribution is -2.07. The average molecular weight is 452 g/mol. The summed E-state index contributed by atoms with van der Waals surface area (Å²) in [5.74, 6) is 4.41. The van der Waals surface area contributed by atoms with E-state index in [9.17, 15) is 0 Å². The summed E-state index contributed by atoms with van der Waals surface area (Å²) >= 11 is 1.53. The van der Waals surface area contributed by atoms with Gasteiger partial charge in [-0.2, -0.15) is 19.9 Å². The molecule has 0 bridgehead atoms. The van der Waals surface area contributed by atoms with E-state index in [0.717, 1.165) is 17.0 Å². The molecule has 2 heterocycles. The van der Waals surface area contributed by atoms with Gasteiger partial charge in [0, 0.05) is 5.56 Å². The minimum absolute atomic E-state index is 0.131. The van der Waals surface area contributed by atoms with Crippen molar-refractivity contribution in [2.24, 2.45) is 0 Å². The molecule has 0 aliphatic heterocycles. The molecule has 3 N–H and O–H groups in total. The molecule has 32 heavy (non-hydrogen) atoms. The summed E-state index contributed by atoms with van der Waals surface area (Å²) in [5, 5.41) is 7.16. The Bertz CT molecular complexity index is 1200. The van der Waals surface area contributed by atoms with Gasteiger partial charge in [-0.1, -0.05) is 29.4 Å². The van der Waals surface area contributed by atoms with E-state index in [1.54, 1.807) is 14.2 Å². The molecule has 0 radical (unpaired) electrons. The Morgan fingerprint density at radius 1 is 0.969 bits per heavy atom. The van der Waals surface area contributed by atoms with Crippen LogP contribution in [-0.4, -0.2) is 39.3 Å². The van der Waals surface area contributed by atoms with Crippen molar-refractivity contribution in [3.63, 3.8) is 0 Å². The zero-order valence-corrected chi connectivity index (χ0v) is 18.3. The molecular weight excluding hydrogens is 430 g/mol.